The number of oxime groups is 1. The largest absolute Gasteiger partial charge is 0.409 e. The van der Waals surface area contributed by atoms with Crippen molar-refractivity contribution in [2.45, 2.75) is 38.6 Å². The van der Waals surface area contributed by atoms with Crippen molar-refractivity contribution in [1.82, 2.24) is 9.97 Å². The molecule has 0 radical (unpaired) electrons. The monoisotopic (exact) mass is 291 g/mol. The van der Waals surface area contributed by atoms with Gasteiger partial charge in [-0.2, -0.15) is 0 Å². The summed E-state index contributed by atoms with van der Waals surface area (Å²) in [4.78, 5) is 8.12. The van der Waals surface area contributed by atoms with Crippen LogP contribution in [-0.2, 0) is 0 Å². The highest BCUT2D eigenvalue weighted by molar-refractivity contribution is 6.04. The van der Waals surface area contributed by atoms with Crippen molar-refractivity contribution < 1.29 is 5.21 Å². The number of hydrogen-bond acceptors (Lipinski definition) is 7. The Hall–Kier alpha value is -2.38. The molecule has 1 fully saturated rings. The van der Waals surface area contributed by atoms with E-state index in [-0.39, 0.29) is 12.0 Å². The van der Waals surface area contributed by atoms with Crippen molar-refractivity contribution in [3.8, 4) is 0 Å². The zero-order valence-electron chi connectivity index (χ0n) is 12.0. The van der Waals surface area contributed by atoms with Crippen LogP contribution in [0.15, 0.2) is 11.5 Å². The van der Waals surface area contributed by atoms with Gasteiger partial charge in [-0.1, -0.05) is 5.16 Å². The molecule has 0 bridgehead atoms. The van der Waals surface area contributed by atoms with E-state index < -0.39 is 0 Å². The second kappa shape index (κ2) is 6.38. The molecule has 0 aliphatic heterocycles. The van der Waals surface area contributed by atoms with E-state index in [0.29, 0.717) is 28.7 Å². The molecule has 1 aromatic heterocycles. The highest BCUT2D eigenvalue weighted by atomic mass is 16.4. The van der Waals surface area contributed by atoms with Crippen molar-refractivity contribution in [2.24, 2.45) is 16.8 Å². The first kappa shape index (κ1) is 15.0. The maximum absolute atomic E-state index is 8.71. The lowest BCUT2D eigenvalue weighted by Gasteiger charge is -2.29. The molecular formula is C13H21N7O. The lowest BCUT2D eigenvalue weighted by molar-refractivity contribution is 0.307. The Bertz CT molecular complexity index is 549. The van der Waals surface area contributed by atoms with Crippen LogP contribution in [0.3, 0.4) is 0 Å². The Labute approximate surface area is 123 Å². The molecule has 7 N–H and O–H groups in total. The summed E-state index contributed by atoms with van der Waals surface area (Å²) in [5, 5.41) is 22.9. The third-order valence-corrected chi connectivity index (χ3v) is 3.85. The zero-order valence-corrected chi connectivity index (χ0v) is 12.0. The Morgan fingerprint density at radius 2 is 2.05 bits per heavy atom. The van der Waals surface area contributed by atoms with E-state index >= 15 is 0 Å². The summed E-state index contributed by atoms with van der Waals surface area (Å²) in [6.45, 7) is 1.66. The van der Waals surface area contributed by atoms with Crippen LogP contribution >= 0.6 is 0 Å². The first-order chi connectivity index (χ1) is 10.0. The molecule has 0 atom stereocenters. The predicted octanol–water partition coefficient (Wildman–Crippen LogP) is 1.16. The molecule has 2 rings (SSSR count). The third kappa shape index (κ3) is 3.39. The van der Waals surface area contributed by atoms with Crippen LogP contribution in [0.2, 0.25) is 0 Å². The summed E-state index contributed by atoms with van der Waals surface area (Å²) < 4.78 is 0. The van der Waals surface area contributed by atoms with Gasteiger partial charge in [0.2, 0.25) is 0 Å². The van der Waals surface area contributed by atoms with Crippen molar-refractivity contribution in [3.05, 3.63) is 11.9 Å². The zero-order chi connectivity index (χ0) is 15.4. The molecule has 0 spiro atoms. The van der Waals surface area contributed by atoms with Gasteiger partial charge in [-0.05, 0) is 32.6 Å². The van der Waals surface area contributed by atoms with Crippen molar-refractivity contribution >= 4 is 23.2 Å². The van der Waals surface area contributed by atoms with Gasteiger partial charge in [0.1, 0.15) is 23.8 Å². The molecule has 1 aliphatic carbocycles. The minimum Gasteiger partial charge on any atom is -0.409 e. The molecule has 21 heavy (non-hydrogen) atoms. The number of nitrogens with zero attached hydrogens (tertiary/aromatic N) is 3. The molecule has 1 heterocycles. The number of nitrogens with two attached hydrogens (primary N) is 2. The molecule has 1 saturated carbocycles. The molecule has 8 nitrogen and oxygen atoms in total. The van der Waals surface area contributed by atoms with Crippen LogP contribution in [0.25, 0.3) is 0 Å². The van der Waals surface area contributed by atoms with Gasteiger partial charge in [0, 0.05) is 17.7 Å². The normalized spacial score (nSPS) is 22.8. The standard InChI is InChI=1S/C13H21N7O/c1-7(14)10-12(16)17-6-18-13(10)19-9-4-2-8(3-5-9)11(15)20-21/h6,8-9,14,21H,2-5H2,1H3,(H2,15,20)(H3,16,17,18,19). The summed E-state index contributed by atoms with van der Waals surface area (Å²) in [6.07, 6.45) is 4.88. The molecule has 1 aromatic rings. The highest BCUT2D eigenvalue weighted by Gasteiger charge is 2.25. The molecule has 0 aromatic carbocycles. The number of amidine groups is 1. The van der Waals surface area contributed by atoms with Gasteiger partial charge in [-0.15, -0.1) is 0 Å². The smallest absolute Gasteiger partial charge is 0.142 e. The van der Waals surface area contributed by atoms with Crippen LogP contribution < -0.4 is 16.8 Å². The topological polar surface area (TPSA) is 146 Å². The number of nitrogen functional groups attached to an aromatic ring is 1. The molecule has 1 aliphatic rings. The van der Waals surface area contributed by atoms with E-state index in [1.54, 1.807) is 6.92 Å². The average Bonchev–Trinajstić information content (AvgIpc) is 2.47. The second-order valence-corrected chi connectivity index (χ2v) is 5.33. The Morgan fingerprint density at radius 1 is 1.38 bits per heavy atom. The first-order valence-corrected chi connectivity index (χ1v) is 6.92. The number of aromatic nitrogens is 2. The van der Waals surface area contributed by atoms with Gasteiger partial charge < -0.3 is 27.4 Å². The highest BCUT2D eigenvalue weighted by Crippen LogP contribution is 2.28. The lowest BCUT2D eigenvalue weighted by atomic mass is 9.85. The van der Waals surface area contributed by atoms with Gasteiger partial charge in [-0.3, -0.25) is 0 Å². The molecule has 114 valence electrons. The summed E-state index contributed by atoms with van der Waals surface area (Å²) in [5.74, 6) is 1.34. The fourth-order valence-electron chi connectivity index (χ4n) is 2.69. The van der Waals surface area contributed by atoms with Crippen LogP contribution in [0, 0.1) is 11.3 Å². The van der Waals surface area contributed by atoms with E-state index in [0.717, 1.165) is 25.7 Å². The number of nitrogens with one attached hydrogen (secondary N) is 2. The third-order valence-electron chi connectivity index (χ3n) is 3.85. The van der Waals surface area contributed by atoms with Gasteiger partial charge in [0.05, 0.1) is 5.56 Å². The van der Waals surface area contributed by atoms with E-state index in [9.17, 15) is 0 Å². The maximum Gasteiger partial charge on any atom is 0.142 e. The summed E-state index contributed by atoms with van der Waals surface area (Å²) >= 11 is 0. The van der Waals surface area contributed by atoms with Crippen molar-refractivity contribution in [3.63, 3.8) is 0 Å². The van der Waals surface area contributed by atoms with Crippen molar-refractivity contribution in [1.29, 1.82) is 5.41 Å². The van der Waals surface area contributed by atoms with Gasteiger partial charge in [0.15, 0.2) is 0 Å². The van der Waals surface area contributed by atoms with E-state index in [1.807, 2.05) is 0 Å². The number of hydrogen-bond donors (Lipinski definition) is 5. The molecule has 0 saturated heterocycles. The van der Waals surface area contributed by atoms with Crippen LogP contribution in [0.4, 0.5) is 11.6 Å². The summed E-state index contributed by atoms with van der Waals surface area (Å²) in [6, 6.07) is 0.236. The SMILES string of the molecule is CC(=N)c1c(N)ncnc1NC1CCC(/C(N)=N/O)CC1. The molecule has 8 heteroatoms. The second-order valence-electron chi connectivity index (χ2n) is 5.33. The van der Waals surface area contributed by atoms with Gasteiger partial charge >= 0.3 is 0 Å². The fourth-order valence-corrected chi connectivity index (χ4v) is 2.69. The van der Waals surface area contributed by atoms with E-state index in [4.69, 9.17) is 22.1 Å². The molecule has 0 amide bonds. The average molecular weight is 291 g/mol. The molecule has 0 unspecified atom stereocenters. The van der Waals surface area contributed by atoms with Crippen LogP contribution in [0.5, 0.6) is 0 Å². The minimum atomic E-state index is 0.132. The number of rotatable bonds is 4. The van der Waals surface area contributed by atoms with E-state index in [2.05, 4.69) is 20.4 Å². The Kier molecular flexibility index (Phi) is 4.56. The Morgan fingerprint density at radius 3 is 2.62 bits per heavy atom. The Balaban J connectivity index is 2.05. The van der Waals surface area contributed by atoms with E-state index in [1.165, 1.54) is 6.33 Å². The lowest BCUT2D eigenvalue weighted by Crippen LogP contribution is -2.33. The predicted molar refractivity (Wildman–Crippen MR) is 81.7 cm³/mol. The van der Waals surface area contributed by atoms with Crippen LogP contribution in [0.1, 0.15) is 38.2 Å². The maximum atomic E-state index is 8.71. The van der Waals surface area contributed by atoms with Crippen LogP contribution in [-0.4, -0.2) is 32.8 Å². The fraction of sp³-hybridized carbons (Fsp3) is 0.538. The minimum absolute atomic E-state index is 0.132. The van der Waals surface area contributed by atoms with Gasteiger partial charge in [0.25, 0.3) is 0 Å². The molecular weight excluding hydrogens is 270 g/mol. The number of anilines is 2. The first-order valence-electron chi connectivity index (χ1n) is 6.92. The van der Waals surface area contributed by atoms with Crippen molar-refractivity contribution in [2.75, 3.05) is 11.1 Å². The van der Waals surface area contributed by atoms with Gasteiger partial charge in [-0.25, -0.2) is 9.97 Å². The summed E-state index contributed by atoms with van der Waals surface area (Å²) in [5.41, 5.74) is 12.3. The quantitative estimate of drug-likeness (QED) is 0.243. The summed E-state index contributed by atoms with van der Waals surface area (Å²) in [7, 11) is 0.